The number of fused-ring (bicyclic) bond motifs is 1. The fraction of sp³-hybridized carbons (Fsp3) is 0.133. The molecule has 0 unspecified atom stereocenters. The summed E-state index contributed by atoms with van der Waals surface area (Å²) in [5.41, 5.74) is 1.45. The van der Waals surface area contributed by atoms with Gasteiger partial charge in [-0.15, -0.1) is 11.3 Å². The number of nitrogens with zero attached hydrogens (tertiary/aromatic N) is 1. The molecule has 0 fully saturated rings. The van der Waals surface area contributed by atoms with E-state index in [1.165, 1.54) is 12.1 Å². The number of carboxylic acid groups (broad SMARTS) is 1. The third-order valence-corrected chi connectivity index (χ3v) is 6.82. The zero-order valence-electron chi connectivity index (χ0n) is 12.7. The van der Waals surface area contributed by atoms with Crippen molar-refractivity contribution in [1.29, 1.82) is 0 Å². The van der Waals surface area contributed by atoms with Gasteiger partial charge in [-0.1, -0.05) is 11.6 Å². The Kier molecular flexibility index (Phi) is 3.77. The summed E-state index contributed by atoms with van der Waals surface area (Å²) in [6.45, 7) is 3.39. The maximum absolute atomic E-state index is 12.9. The smallest absolute Gasteiger partial charge is 0.352 e. The number of thiazole rings is 1. The number of sulfone groups is 1. The van der Waals surface area contributed by atoms with Gasteiger partial charge in [-0.3, -0.25) is 4.79 Å². The van der Waals surface area contributed by atoms with Crippen LogP contribution in [-0.4, -0.2) is 35.7 Å². The van der Waals surface area contributed by atoms with Crippen LogP contribution in [0.3, 0.4) is 0 Å². The van der Waals surface area contributed by atoms with E-state index in [1.54, 1.807) is 19.9 Å². The number of aromatic amines is 1. The highest BCUT2D eigenvalue weighted by Gasteiger charge is 2.28. The molecule has 0 atom stereocenters. The third-order valence-electron chi connectivity index (χ3n) is 3.47. The Morgan fingerprint density at radius 2 is 2.00 bits per heavy atom. The van der Waals surface area contributed by atoms with Crippen LogP contribution in [0, 0.1) is 13.8 Å². The average Bonchev–Trinajstić information content (AvgIpc) is 3.04. The average molecular weight is 364 g/mol. The van der Waals surface area contributed by atoms with E-state index in [4.69, 9.17) is 5.11 Å². The lowest BCUT2D eigenvalue weighted by Gasteiger charge is -2.09. The second-order valence-electron chi connectivity index (χ2n) is 5.30. The lowest BCUT2D eigenvalue weighted by Crippen LogP contribution is -2.08. The van der Waals surface area contributed by atoms with Gasteiger partial charge in [0.25, 0.3) is 0 Å². The lowest BCUT2D eigenvalue weighted by molar-refractivity contribution is 0.0691. The maximum atomic E-state index is 12.9. The van der Waals surface area contributed by atoms with Crippen molar-refractivity contribution in [3.8, 4) is 0 Å². The summed E-state index contributed by atoms with van der Waals surface area (Å²) >= 11 is 0.860. The number of H-pyrrole nitrogens is 1. The molecule has 0 amide bonds. The minimum absolute atomic E-state index is 0.0622. The molecular formula is C15H12N2O5S2. The fourth-order valence-corrected chi connectivity index (χ4v) is 5.49. The van der Waals surface area contributed by atoms with Crippen LogP contribution in [0.2, 0.25) is 0 Å². The van der Waals surface area contributed by atoms with Gasteiger partial charge in [0, 0.05) is 5.56 Å². The Hall–Kier alpha value is -2.52. The summed E-state index contributed by atoms with van der Waals surface area (Å²) < 4.78 is 26.0. The second kappa shape index (κ2) is 5.53. The minimum atomic E-state index is -3.99. The molecule has 2 N–H and O–H groups in total. The molecule has 0 spiro atoms. The van der Waals surface area contributed by atoms with Gasteiger partial charge in [-0.25, -0.2) is 18.2 Å². The Morgan fingerprint density at radius 3 is 2.58 bits per heavy atom. The number of benzene rings is 1. The number of nitrogens with one attached hydrogen (secondary N) is 1. The number of aromatic nitrogens is 2. The van der Waals surface area contributed by atoms with E-state index in [0.717, 1.165) is 16.9 Å². The number of carboxylic acids is 1. The van der Waals surface area contributed by atoms with Gasteiger partial charge >= 0.3 is 5.97 Å². The van der Waals surface area contributed by atoms with Crippen molar-refractivity contribution in [2.24, 2.45) is 0 Å². The molecule has 0 aliphatic carbocycles. The molecule has 2 aromatic heterocycles. The van der Waals surface area contributed by atoms with Crippen molar-refractivity contribution < 1.29 is 23.1 Å². The number of carbonyl (C=O) groups excluding carboxylic acids is 1. The van der Waals surface area contributed by atoms with Crippen LogP contribution in [0.1, 0.15) is 32.0 Å². The fourth-order valence-electron chi connectivity index (χ4n) is 2.55. The number of hydrogen-bond donors (Lipinski definition) is 2. The summed E-state index contributed by atoms with van der Waals surface area (Å²) in [7, 11) is -3.99. The van der Waals surface area contributed by atoms with Crippen molar-refractivity contribution in [2.75, 3.05) is 0 Å². The highest BCUT2D eigenvalue weighted by molar-refractivity contribution is 7.93. The second-order valence-corrected chi connectivity index (χ2v) is 8.39. The Morgan fingerprint density at radius 1 is 1.29 bits per heavy atom. The predicted octanol–water partition coefficient (Wildman–Crippen LogP) is 2.58. The normalized spacial score (nSPS) is 11.8. The van der Waals surface area contributed by atoms with Gasteiger partial charge in [0.15, 0.2) is 11.9 Å². The molecule has 0 radical (unpaired) electrons. The third kappa shape index (κ3) is 2.51. The summed E-state index contributed by atoms with van der Waals surface area (Å²) in [5, 5.41) is 8.93. The van der Waals surface area contributed by atoms with Gasteiger partial charge in [0.05, 0.1) is 9.60 Å². The number of carbonyl (C=O) groups is 2. The Bertz CT molecular complexity index is 1060. The minimum Gasteiger partial charge on any atom is -0.477 e. The number of rotatable bonds is 4. The first-order chi connectivity index (χ1) is 11.2. The summed E-state index contributed by atoms with van der Waals surface area (Å²) in [4.78, 5) is 28.7. The summed E-state index contributed by atoms with van der Waals surface area (Å²) in [6, 6.07) is 4.52. The molecule has 7 nitrogen and oxygen atoms in total. The highest BCUT2D eigenvalue weighted by atomic mass is 32.2. The predicted molar refractivity (Wildman–Crippen MR) is 87.7 cm³/mol. The molecule has 0 bridgehead atoms. The van der Waals surface area contributed by atoms with Crippen LogP contribution in [0.4, 0.5) is 0 Å². The maximum Gasteiger partial charge on any atom is 0.352 e. The standard InChI is InChI=1S/C15H12N2O5S2/c1-7-3-8(2)12(9(4-7)6-18)24(21,22)15-17-13-11(23-15)5-10(16-13)14(19)20/h3-6,16H,1-2H3,(H,19,20). The van der Waals surface area contributed by atoms with E-state index < -0.39 is 15.8 Å². The van der Waals surface area contributed by atoms with Gasteiger partial charge in [0.1, 0.15) is 5.69 Å². The highest BCUT2D eigenvalue weighted by Crippen LogP contribution is 2.33. The van der Waals surface area contributed by atoms with Crippen molar-refractivity contribution in [1.82, 2.24) is 9.97 Å². The van der Waals surface area contributed by atoms with E-state index in [9.17, 15) is 18.0 Å². The topological polar surface area (TPSA) is 117 Å². The van der Waals surface area contributed by atoms with Crippen LogP contribution < -0.4 is 0 Å². The van der Waals surface area contributed by atoms with Gasteiger partial charge in [-0.05, 0) is 31.5 Å². The van der Waals surface area contributed by atoms with E-state index in [1.807, 2.05) is 0 Å². The zero-order chi connectivity index (χ0) is 17.6. The van der Waals surface area contributed by atoms with Crippen LogP contribution in [0.5, 0.6) is 0 Å². The molecule has 0 aliphatic heterocycles. The number of aryl methyl sites for hydroxylation is 2. The molecule has 9 heteroatoms. The first-order valence-corrected chi connectivity index (χ1v) is 9.08. The van der Waals surface area contributed by atoms with Gasteiger partial charge in [-0.2, -0.15) is 0 Å². The first-order valence-electron chi connectivity index (χ1n) is 6.78. The molecule has 24 heavy (non-hydrogen) atoms. The molecule has 0 saturated carbocycles. The van der Waals surface area contributed by atoms with E-state index in [0.29, 0.717) is 16.5 Å². The molecule has 1 aromatic carbocycles. The van der Waals surface area contributed by atoms with Crippen LogP contribution in [0.15, 0.2) is 27.4 Å². The van der Waals surface area contributed by atoms with Crippen LogP contribution >= 0.6 is 11.3 Å². The Labute approximate surface area is 140 Å². The summed E-state index contributed by atoms with van der Waals surface area (Å²) in [5.74, 6) is -1.15. The summed E-state index contributed by atoms with van der Waals surface area (Å²) in [6.07, 6.45) is 0.509. The van der Waals surface area contributed by atoms with Gasteiger partial charge in [0.2, 0.25) is 14.2 Å². The van der Waals surface area contributed by atoms with E-state index in [2.05, 4.69) is 9.97 Å². The van der Waals surface area contributed by atoms with Crippen molar-refractivity contribution in [3.05, 3.63) is 40.6 Å². The van der Waals surface area contributed by atoms with Crippen molar-refractivity contribution >= 4 is 43.8 Å². The molecule has 0 aliphatic rings. The molecule has 124 valence electrons. The molecule has 2 heterocycles. The first kappa shape index (κ1) is 16.3. The molecule has 0 saturated heterocycles. The Balaban J connectivity index is 2.20. The number of aldehydes is 1. The number of hydrogen-bond acceptors (Lipinski definition) is 6. The molecule has 3 aromatic rings. The van der Waals surface area contributed by atoms with E-state index >= 15 is 0 Å². The zero-order valence-corrected chi connectivity index (χ0v) is 14.3. The van der Waals surface area contributed by atoms with E-state index in [-0.39, 0.29) is 26.1 Å². The lowest BCUT2D eigenvalue weighted by atomic mass is 10.1. The van der Waals surface area contributed by atoms with Crippen molar-refractivity contribution in [2.45, 2.75) is 23.1 Å². The van der Waals surface area contributed by atoms with Gasteiger partial charge < -0.3 is 10.1 Å². The van der Waals surface area contributed by atoms with Crippen LogP contribution in [-0.2, 0) is 9.84 Å². The SMILES string of the molecule is Cc1cc(C)c(S(=O)(=O)c2nc3[nH]c(C(=O)O)cc3s2)c(C=O)c1. The van der Waals surface area contributed by atoms with Crippen molar-refractivity contribution in [3.63, 3.8) is 0 Å². The van der Waals surface area contributed by atoms with Crippen LogP contribution in [0.25, 0.3) is 10.3 Å². The largest absolute Gasteiger partial charge is 0.477 e. The number of aromatic carboxylic acids is 1. The quantitative estimate of drug-likeness (QED) is 0.687. The molecule has 3 rings (SSSR count). The molecular weight excluding hydrogens is 352 g/mol. The monoisotopic (exact) mass is 364 g/mol.